The number of likely N-dealkylation sites (tertiary alicyclic amines) is 3. The number of pyridine rings is 1. The van der Waals surface area contributed by atoms with E-state index >= 15 is 0 Å². The van der Waals surface area contributed by atoms with Crippen molar-refractivity contribution in [1.82, 2.24) is 25.0 Å². The average molecular weight is 440 g/mol. The summed E-state index contributed by atoms with van der Waals surface area (Å²) in [6, 6.07) is 4.53. The molecular weight excluding hydrogens is 402 g/mol. The van der Waals surface area contributed by atoms with Crippen LogP contribution in [0.5, 0.6) is 0 Å². The van der Waals surface area contributed by atoms with E-state index in [9.17, 15) is 9.59 Å². The molecule has 1 saturated carbocycles. The third-order valence-corrected chi connectivity index (χ3v) is 8.73. The van der Waals surface area contributed by atoms with Gasteiger partial charge in [-0.15, -0.1) is 0 Å². The molecular formula is C25H37N5O2. The minimum absolute atomic E-state index is 0.0430. The number of aromatic nitrogens is 1. The first kappa shape index (κ1) is 21.7. The van der Waals surface area contributed by atoms with E-state index < -0.39 is 0 Å². The van der Waals surface area contributed by atoms with E-state index in [1.807, 2.05) is 29.1 Å². The second-order valence-corrected chi connectivity index (χ2v) is 10.6. The minimum Gasteiger partial charge on any atom is -0.345 e. The molecule has 4 fully saturated rings. The SMILES string of the molecule is CN1CCC2(CN(Cc3cccnc3)CC23CCN(C(=O)NC2CCCCC2)CC3)C1=O. The molecule has 4 aliphatic rings. The van der Waals surface area contributed by atoms with Crippen molar-refractivity contribution >= 4 is 11.9 Å². The fourth-order valence-electron chi connectivity index (χ4n) is 6.90. The monoisotopic (exact) mass is 439 g/mol. The van der Waals surface area contributed by atoms with Crippen LogP contribution in [0.2, 0.25) is 0 Å². The quantitative estimate of drug-likeness (QED) is 0.786. The summed E-state index contributed by atoms with van der Waals surface area (Å²) in [4.78, 5) is 37.1. The highest BCUT2D eigenvalue weighted by molar-refractivity contribution is 5.86. The Morgan fingerprint density at radius 1 is 1.12 bits per heavy atom. The highest BCUT2D eigenvalue weighted by atomic mass is 16.2. The summed E-state index contributed by atoms with van der Waals surface area (Å²) in [6.45, 7) is 4.92. The lowest BCUT2D eigenvalue weighted by Gasteiger charge is -2.47. The van der Waals surface area contributed by atoms with E-state index in [2.05, 4.69) is 21.3 Å². The van der Waals surface area contributed by atoms with Gasteiger partial charge in [-0.05, 0) is 43.7 Å². The van der Waals surface area contributed by atoms with Crippen LogP contribution in [0.4, 0.5) is 4.79 Å². The fourth-order valence-corrected chi connectivity index (χ4v) is 6.90. The molecule has 5 rings (SSSR count). The van der Waals surface area contributed by atoms with Crippen LogP contribution in [-0.2, 0) is 11.3 Å². The highest BCUT2D eigenvalue weighted by Crippen LogP contribution is 2.57. The number of urea groups is 1. The van der Waals surface area contributed by atoms with Gasteiger partial charge in [-0.25, -0.2) is 4.79 Å². The molecule has 1 atom stereocenters. The zero-order chi connectivity index (χ0) is 22.2. The van der Waals surface area contributed by atoms with Crippen LogP contribution in [0.1, 0.15) is 56.9 Å². The van der Waals surface area contributed by atoms with E-state index in [1.54, 1.807) is 6.20 Å². The summed E-state index contributed by atoms with van der Waals surface area (Å²) in [5.41, 5.74) is 0.844. The molecule has 1 unspecified atom stereocenters. The van der Waals surface area contributed by atoms with Crippen molar-refractivity contribution in [2.24, 2.45) is 10.8 Å². The number of carbonyl (C=O) groups is 2. The van der Waals surface area contributed by atoms with Crippen molar-refractivity contribution in [1.29, 1.82) is 0 Å². The first-order valence-corrected chi connectivity index (χ1v) is 12.4. The molecule has 3 saturated heterocycles. The third kappa shape index (κ3) is 3.78. The molecule has 2 spiro atoms. The Labute approximate surface area is 191 Å². The van der Waals surface area contributed by atoms with E-state index in [0.717, 1.165) is 71.4 Å². The van der Waals surface area contributed by atoms with Crippen molar-refractivity contribution in [3.63, 3.8) is 0 Å². The molecule has 1 N–H and O–H groups in total. The second kappa shape index (κ2) is 8.65. The van der Waals surface area contributed by atoms with Gasteiger partial charge in [-0.2, -0.15) is 0 Å². The van der Waals surface area contributed by atoms with Crippen molar-refractivity contribution in [3.05, 3.63) is 30.1 Å². The van der Waals surface area contributed by atoms with E-state index in [0.29, 0.717) is 11.9 Å². The Hall–Kier alpha value is -2.15. The maximum Gasteiger partial charge on any atom is 0.317 e. The molecule has 32 heavy (non-hydrogen) atoms. The van der Waals surface area contributed by atoms with Crippen molar-refractivity contribution in [3.8, 4) is 0 Å². The van der Waals surface area contributed by atoms with Crippen LogP contribution in [0.3, 0.4) is 0 Å². The summed E-state index contributed by atoms with van der Waals surface area (Å²) in [5, 5.41) is 3.28. The van der Waals surface area contributed by atoms with Crippen LogP contribution < -0.4 is 5.32 Å². The van der Waals surface area contributed by atoms with Gasteiger partial charge in [0.1, 0.15) is 0 Å². The molecule has 1 aromatic heterocycles. The highest BCUT2D eigenvalue weighted by Gasteiger charge is 2.64. The standard InChI is InChI=1S/C25H37N5O2/c1-28-13-11-25(22(28)31)19-29(17-20-6-5-12-26-16-20)18-24(25)9-14-30(15-10-24)23(32)27-21-7-3-2-4-8-21/h5-6,12,16,21H,2-4,7-11,13-15,17-19H2,1H3,(H,27,32). The van der Waals surface area contributed by atoms with Crippen molar-refractivity contribution < 1.29 is 9.59 Å². The molecule has 1 aromatic rings. The molecule has 0 radical (unpaired) electrons. The van der Waals surface area contributed by atoms with Crippen LogP contribution >= 0.6 is 0 Å². The van der Waals surface area contributed by atoms with Crippen LogP contribution in [0, 0.1) is 10.8 Å². The summed E-state index contributed by atoms with van der Waals surface area (Å²) < 4.78 is 0. The zero-order valence-corrected chi connectivity index (χ0v) is 19.4. The lowest BCUT2D eigenvalue weighted by molar-refractivity contribution is -0.141. The maximum atomic E-state index is 13.5. The van der Waals surface area contributed by atoms with Crippen LogP contribution in [0.15, 0.2) is 24.5 Å². The Morgan fingerprint density at radius 2 is 1.91 bits per heavy atom. The van der Waals surface area contributed by atoms with Gasteiger partial charge in [-0.3, -0.25) is 14.7 Å². The number of hydrogen-bond donors (Lipinski definition) is 1. The normalized spacial score (nSPS) is 28.7. The molecule has 3 aliphatic heterocycles. The van der Waals surface area contributed by atoms with Gasteiger partial charge in [0, 0.05) is 70.2 Å². The molecule has 4 heterocycles. The van der Waals surface area contributed by atoms with Crippen molar-refractivity contribution in [2.45, 2.75) is 64.0 Å². The number of amides is 3. The zero-order valence-electron chi connectivity index (χ0n) is 19.4. The van der Waals surface area contributed by atoms with Gasteiger partial charge in [0.05, 0.1) is 5.41 Å². The van der Waals surface area contributed by atoms with Gasteiger partial charge in [-0.1, -0.05) is 25.3 Å². The Bertz CT molecular complexity index is 832. The number of nitrogens with one attached hydrogen (secondary N) is 1. The molecule has 7 nitrogen and oxygen atoms in total. The molecule has 7 heteroatoms. The van der Waals surface area contributed by atoms with E-state index in [1.165, 1.54) is 24.8 Å². The fraction of sp³-hybridized carbons (Fsp3) is 0.720. The van der Waals surface area contributed by atoms with Gasteiger partial charge in [0.15, 0.2) is 0 Å². The maximum absolute atomic E-state index is 13.5. The number of rotatable bonds is 3. The topological polar surface area (TPSA) is 68.8 Å². The lowest BCUT2D eigenvalue weighted by atomic mass is 9.60. The average Bonchev–Trinajstić information content (AvgIpc) is 3.27. The Kier molecular flexibility index (Phi) is 5.86. The molecule has 174 valence electrons. The van der Waals surface area contributed by atoms with Gasteiger partial charge >= 0.3 is 6.03 Å². The first-order chi connectivity index (χ1) is 15.5. The lowest BCUT2D eigenvalue weighted by Crippen LogP contribution is -2.55. The van der Waals surface area contributed by atoms with Crippen LogP contribution in [0.25, 0.3) is 0 Å². The number of nitrogens with zero attached hydrogens (tertiary/aromatic N) is 4. The largest absolute Gasteiger partial charge is 0.345 e. The van der Waals surface area contributed by atoms with E-state index in [4.69, 9.17) is 0 Å². The van der Waals surface area contributed by atoms with Gasteiger partial charge in [0.2, 0.25) is 5.91 Å². The molecule has 1 aliphatic carbocycles. The summed E-state index contributed by atoms with van der Waals surface area (Å²) in [7, 11) is 1.95. The van der Waals surface area contributed by atoms with Gasteiger partial charge < -0.3 is 15.1 Å². The summed E-state index contributed by atoms with van der Waals surface area (Å²) in [5.74, 6) is 0.311. The minimum atomic E-state index is -0.310. The number of fused-ring (bicyclic) bond motifs is 1. The van der Waals surface area contributed by atoms with Gasteiger partial charge in [0.25, 0.3) is 0 Å². The summed E-state index contributed by atoms with van der Waals surface area (Å²) >= 11 is 0. The Balaban J connectivity index is 1.29. The molecule has 0 aromatic carbocycles. The van der Waals surface area contributed by atoms with Crippen molar-refractivity contribution in [2.75, 3.05) is 39.8 Å². The number of carbonyl (C=O) groups excluding carboxylic acids is 2. The molecule has 3 amide bonds. The third-order valence-electron chi connectivity index (χ3n) is 8.73. The summed E-state index contributed by atoms with van der Waals surface area (Å²) in [6.07, 6.45) is 12.4. The second-order valence-electron chi connectivity index (χ2n) is 10.6. The number of piperidine rings is 1. The first-order valence-electron chi connectivity index (χ1n) is 12.4. The number of hydrogen-bond acceptors (Lipinski definition) is 4. The predicted octanol–water partition coefficient (Wildman–Crippen LogP) is 2.87. The van der Waals surface area contributed by atoms with Crippen LogP contribution in [-0.4, -0.2) is 77.4 Å². The Morgan fingerprint density at radius 3 is 2.56 bits per heavy atom. The predicted molar refractivity (Wildman–Crippen MR) is 123 cm³/mol. The molecule has 0 bridgehead atoms. The van der Waals surface area contributed by atoms with E-state index in [-0.39, 0.29) is 16.9 Å². The smallest absolute Gasteiger partial charge is 0.317 e.